The van der Waals surface area contributed by atoms with E-state index in [1.165, 1.54) is 12.8 Å². The predicted molar refractivity (Wildman–Crippen MR) is 76.2 cm³/mol. The molecule has 0 saturated carbocycles. The summed E-state index contributed by atoms with van der Waals surface area (Å²) in [5, 5.41) is 9.09. The number of aliphatic hydroxyl groups is 1. The summed E-state index contributed by atoms with van der Waals surface area (Å²) in [6.45, 7) is 3.61. The molecule has 0 heterocycles. The summed E-state index contributed by atoms with van der Waals surface area (Å²) < 4.78 is 9.99. The molecule has 0 aliphatic rings. The quantitative estimate of drug-likeness (QED) is 0.441. The van der Waals surface area contributed by atoms with Crippen LogP contribution in [0.2, 0.25) is 0 Å². The lowest BCUT2D eigenvalue weighted by molar-refractivity contribution is -0.161. The summed E-state index contributed by atoms with van der Waals surface area (Å²) >= 11 is 0. The van der Waals surface area contributed by atoms with Crippen LogP contribution in [0, 0.1) is 0 Å². The zero-order valence-electron chi connectivity index (χ0n) is 12.7. The molecule has 5 nitrogen and oxygen atoms in total. The zero-order valence-corrected chi connectivity index (χ0v) is 12.7. The van der Waals surface area contributed by atoms with Crippen molar-refractivity contribution in [3.8, 4) is 0 Å². The number of carbonyl (C=O) groups is 2. The van der Waals surface area contributed by atoms with Gasteiger partial charge >= 0.3 is 11.9 Å². The monoisotopic (exact) mass is 288 g/mol. The van der Waals surface area contributed by atoms with Gasteiger partial charge in [0.25, 0.3) is 0 Å². The molecule has 0 bridgehead atoms. The Morgan fingerprint density at radius 1 is 0.950 bits per heavy atom. The third kappa shape index (κ3) is 10.8. The van der Waals surface area contributed by atoms with Gasteiger partial charge in [0.05, 0.1) is 6.61 Å². The summed E-state index contributed by atoms with van der Waals surface area (Å²) in [6, 6.07) is 0. The molecule has 0 aromatic heterocycles. The molecule has 1 N–H and O–H groups in total. The summed E-state index contributed by atoms with van der Waals surface area (Å²) in [5.41, 5.74) is 0. The molecule has 20 heavy (non-hydrogen) atoms. The number of ether oxygens (including phenoxy) is 2. The lowest BCUT2D eigenvalue weighted by Gasteiger charge is -2.15. The first-order chi connectivity index (χ1) is 9.63. The average molecular weight is 288 g/mol. The van der Waals surface area contributed by atoms with E-state index in [4.69, 9.17) is 14.6 Å². The second kappa shape index (κ2) is 12.9. The molecular weight excluding hydrogens is 260 g/mol. The fourth-order valence-corrected chi connectivity index (χ4v) is 1.70. The van der Waals surface area contributed by atoms with E-state index in [2.05, 4.69) is 6.92 Å². The molecule has 0 rings (SSSR count). The van der Waals surface area contributed by atoms with Crippen LogP contribution >= 0.6 is 0 Å². The highest BCUT2D eigenvalue weighted by molar-refractivity contribution is 5.70. The van der Waals surface area contributed by atoms with Gasteiger partial charge in [-0.3, -0.25) is 9.59 Å². The molecule has 0 aliphatic heterocycles. The second-order valence-electron chi connectivity index (χ2n) is 4.89. The summed E-state index contributed by atoms with van der Waals surface area (Å²) in [6.07, 6.45) is 5.93. The van der Waals surface area contributed by atoms with Gasteiger partial charge in [0.15, 0.2) is 6.10 Å². The largest absolute Gasteiger partial charge is 0.462 e. The van der Waals surface area contributed by atoms with Gasteiger partial charge < -0.3 is 14.6 Å². The number of hydrogen-bond acceptors (Lipinski definition) is 5. The van der Waals surface area contributed by atoms with E-state index >= 15 is 0 Å². The second-order valence-corrected chi connectivity index (χ2v) is 4.89. The SMILES string of the molecule is CCCCCCCC(=O)OC(CO)COC(=O)CCC. The van der Waals surface area contributed by atoms with Crippen molar-refractivity contribution >= 4 is 11.9 Å². The molecule has 0 radical (unpaired) electrons. The van der Waals surface area contributed by atoms with Crippen LogP contribution in [-0.4, -0.2) is 36.4 Å². The van der Waals surface area contributed by atoms with Crippen molar-refractivity contribution in [2.24, 2.45) is 0 Å². The van der Waals surface area contributed by atoms with Gasteiger partial charge in [0, 0.05) is 12.8 Å². The molecule has 118 valence electrons. The molecular formula is C15H28O5. The Balaban J connectivity index is 3.74. The van der Waals surface area contributed by atoms with E-state index in [0.29, 0.717) is 19.3 Å². The molecule has 0 spiro atoms. The highest BCUT2D eigenvalue weighted by atomic mass is 16.6. The topological polar surface area (TPSA) is 72.8 Å². The minimum Gasteiger partial charge on any atom is -0.462 e. The number of carbonyl (C=O) groups excluding carboxylic acids is 2. The maximum atomic E-state index is 11.5. The lowest BCUT2D eigenvalue weighted by atomic mass is 10.1. The smallest absolute Gasteiger partial charge is 0.306 e. The Kier molecular flexibility index (Phi) is 12.2. The Bertz CT molecular complexity index is 265. The molecule has 1 unspecified atom stereocenters. The van der Waals surface area contributed by atoms with Crippen molar-refractivity contribution in [1.29, 1.82) is 0 Å². The van der Waals surface area contributed by atoms with Crippen molar-refractivity contribution in [1.82, 2.24) is 0 Å². The van der Waals surface area contributed by atoms with Crippen LogP contribution in [0.1, 0.15) is 65.2 Å². The van der Waals surface area contributed by atoms with Crippen molar-refractivity contribution in [2.75, 3.05) is 13.2 Å². The summed E-state index contributed by atoms with van der Waals surface area (Å²) in [5.74, 6) is -0.673. The van der Waals surface area contributed by atoms with Crippen molar-refractivity contribution < 1.29 is 24.2 Å². The fourth-order valence-electron chi connectivity index (χ4n) is 1.70. The highest BCUT2D eigenvalue weighted by Crippen LogP contribution is 2.07. The minimum atomic E-state index is -0.751. The van der Waals surface area contributed by atoms with Gasteiger partial charge in [-0.1, -0.05) is 39.5 Å². The van der Waals surface area contributed by atoms with Crippen LogP contribution in [0.25, 0.3) is 0 Å². The first-order valence-electron chi connectivity index (χ1n) is 7.59. The molecule has 0 aromatic rings. The van der Waals surface area contributed by atoms with E-state index in [9.17, 15) is 9.59 Å². The van der Waals surface area contributed by atoms with Crippen molar-refractivity contribution in [3.63, 3.8) is 0 Å². The zero-order chi connectivity index (χ0) is 15.2. The van der Waals surface area contributed by atoms with E-state index in [1.54, 1.807) is 0 Å². The van der Waals surface area contributed by atoms with Crippen molar-refractivity contribution in [2.45, 2.75) is 71.3 Å². The number of aliphatic hydroxyl groups excluding tert-OH is 1. The summed E-state index contributed by atoms with van der Waals surface area (Å²) in [4.78, 5) is 22.7. The lowest BCUT2D eigenvalue weighted by Crippen LogP contribution is -2.28. The van der Waals surface area contributed by atoms with Gasteiger partial charge in [-0.25, -0.2) is 0 Å². The maximum Gasteiger partial charge on any atom is 0.306 e. The van der Waals surface area contributed by atoms with Crippen LogP contribution in [-0.2, 0) is 19.1 Å². The molecule has 0 aliphatic carbocycles. The fraction of sp³-hybridized carbons (Fsp3) is 0.867. The van der Waals surface area contributed by atoms with Crippen LogP contribution in [0.15, 0.2) is 0 Å². The first kappa shape index (κ1) is 18.9. The first-order valence-corrected chi connectivity index (χ1v) is 7.59. The number of unbranched alkanes of at least 4 members (excludes halogenated alkanes) is 4. The number of rotatable bonds is 12. The molecule has 0 saturated heterocycles. The third-order valence-electron chi connectivity index (χ3n) is 2.87. The van der Waals surface area contributed by atoms with E-state index in [1.807, 2.05) is 6.92 Å². The van der Waals surface area contributed by atoms with E-state index in [-0.39, 0.29) is 25.2 Å². The Hall–Kier alpha value is -1.10. The van der Waals surface area contributed by atoms with Crippen LogP contribution in [0.5, 0.6) is 0 Å². The Morgan fingerprint density at radius 3 is 2.25 bits per heavy atom. The minimum absolute atomic E-state index is 0.0725. The summed E-state index contributed by atoms with van der Waals surface area (Å²) in [7, 11) is 0. The highest BCUT2D eigenvalue weighted by Gasteiger charge is 2.15. The van der Waals surface area contributed by atoms with Gasteiger partial charge in [-0.2, -0.15) is 0 Å². The third-order valence-corrected chi connectivity index (χ3v) is 2.87. The predicted octanol–water partition coefficient (Wildman–Crippen LogP) is 2.59. The van der Waals surface area contributed by atoms with Crippen LogP contribution in [0.4, 0.5) is 0 Å². The van der Waals surface area contributed by atoms with Gasteiger partial charge in [0.1, 0.15) is 6.61 Å². The molecule has 1 atom stereocenters. The number of hydrogen-bond donors (Lipinski definition) is 1. The maximum absolute atomic E-state index is 11.5. The molecule has 0 aromatic carbocycles. The van der Waals surface area contributed by atoms with Crippen molar-refractivity contribution in [3.05, 3.63) is 0 Å². The van der Waals surface area contributed by atoms with Crippen LogP contribution < -0.4 is 0 Å². The Labute approximate surface area is 121 Å². The van der Waals surface area contributed by atoms with Gasteiger partial charge in [-0.15, -0.1) is 0 Å². The van der Waals surface area contributed by atoms with Gasteiger partial charge in [0.2, 0.25) is 0 Å². The van der Waals surface area contributed by atoms with Crippen LogP contribution in [0.3, 0.4) is 0 Å². The normalized spacial score (nSPS) is 11.9. The molecule has 5 heteroatoms. The van der Waals surface area contributed by atoms with Gasteiger partial charge in [-0.05, 0) is 12.8 Å². The Morgan fingerprint density at radius 2 is 1.65 bits per heavy atom. The van der Waals surface area contributed by atoms with E-state index in [0.717, 1.165) is 19.3 Å². The standard InChI is InChI=1S/C15H28O5/c1-3-5-6-7-8-10-15(18)20-13(11-16)12-19-14(17)9-4-2/h13,16H,3-12H2,1-2H3. The molecule has 0 fully saturated rings. The van der Waals surface area contributed by atoms with E-state index < -0.39 is 6.10 Å². The number of esters is 2. The molecule has 0 amide bonds. The average Bonchev–Trinajstić information content (AvgIpc) is 2.43.